The van der Waals surface area contributed by atoms with Crippen LogP contribution in [0.1, 0.15) is 12.0 Å². The van der Waals surface area contributed by atoms with Gasteiger partial charge in [0.2, 0.25) is 0 Å². The highest BCUT2D eigenvalue weighted by Gasteiger charge is 2.35. The van der Waals surface area contributed by atoms with Crippen molar-refractivity contribution in [3.8, 4) is 0 Å². The van der Waals surface area contributed by atoms with E-state index in [-0.39, 0.29) is 5.91 Å². The summed E-state index contributed by atoms with van der Waals surface area (Å²) in [6, 6.07) is 14.7. The molecule has 0 saturated carbocycles. The lowest BCUT2D eigenvalue weighted by molar-refractivity contribution is -0.123. The minimum absolute atomic E-state index is 0.0198. The number of amides is 1. The van der Waals surface area contributed by atoms with Crippen molar-refractivity contribution < 1.29 is 4.79 Å². The predicted molar refractivity (Wildman–Crippen MR) is 98.8 cm³/mol. The number of amidine groups is 1. The maximum Gasteiger partial charge on any atom is 0.250 e. The lowest BCUT2D eigenvalue weighted by Gasteiger charge is -2.28. The van der Waals surface area contributed by atoms with Gasteiger partial charge in [0.15, 0.2) is 0 Å². The molecule has 0 unspecified atom stereocenters. The number of hydrogen-bond acceptors (Lipinski definition) is 3. The molecule has 2 aromatic rings. The Morgan fingerprint density at radius 2 is 1.88 bits per heavy atom. The smallest absolute Gasteiger partial charge is 0.250 e. The molecule has 4 nitrogen and oxygen atoms in total. The number of carbonyl (C=O) groups is 1. The monoisotopic (exact) mass is 327 g/mol. The molecule has 3 aliphatic rings. The van der Waals surface area contributed by atoms with Crippen LogP contribution in [-0.2, 0) is 4.79 Å². The zero-order chi connectivity index (χ0) is 17.0. The average Bonchev–Trinajstić information content (AvgIpc) is 3.05. The molecule has 0 radical (unpaired) electrons. The van der Waals surface area contributed by atoms with E-state index in [9.17, 15) is 4.79 Å². The third kappa shape index (κ3) is 2.00. The first-order chi connectivity index (χ1) is 12.2. The highest BCUT2D eigenvalue weighted by atomic mass is 16.2. The summed E-state index contributed by atoms with van der Waals surface area (Å²) in [7, 11) is 1.85. The van der Waals surface area contributed by atoms with E-state index in [1.165, 1.54) is 10.8 Å². The van der Waals surface area contributed by atoms with Crippen LogP contribution in [0.15, 0.2) is 82.8 Å². The summed E-state index contributed by atoms with van der Waals surface area (Å²) in [6.45, 7) is 0.843. The molecule has 0 saturated heterocycles. The van der Waals surface area contributed by atoms with Crippen LogP contribution in [0.3, 0.4) is 0 Å². The average molecular weight is 327 g/mol. The standard InChI is InChI=1S/C21H17N3O/c1-23-18-11-12-24-20(18)15(9-10-19(23)25)13-22-21(24)17-8-4-6-14-5-2-3-7-16(14)17/h2-10,13H,11-12H2,1H3. The molecule has 122 valence electrons. The van der Waals surface area contributed by atoms with Crippen LogP contribution >= 0.6 is 0 Å². The topological polar surface area (TPSA) is 35.9 Å². The van der Waals surface area contributed by atoms with Gasteiger partial charge in [-0.05, 0) is 16.8 Å². The second-order valence-corrected chi connectivity index (χ2v) is 6.49. The van der Waals surface area contributed by atoms with Crippen LogP contribution in [0.5, 0.6) is 0 Å². The Hall–Kier alpha value is -3.14. The Balaban J connectivity index is 1.72. The molecule has 0 fully saturated rings. The SMILES string of the molecule is CN1C(=O)C=CC2=CN=C(c3cccc4ccccc34)N3CCC1=C23. The Kier molecular flexibility index (Phi) is 2.95. The molecular weight excluding hydrogens is 310 g/mol. The first-order valence-corrected chi connectivity index (χ1v) is 8.47. The van der Waals surface area contributed by atoms with Crippen molar-refractivity contribution in [2.45, 2.75) is 6.42 Å². The van der Waals surface area contributed by atoms with Crippen molar-refractivity contribution in [3.63, 3.8) is 0 Å². The Morgan fingerprint density at radius 1 is 1.04 bits per heavy atom. The lowest BCUT2D eigenvalue weighted by Crippen LogP contribution is -2.31. The van der Waals surface area contributed by atoms with E-state index in [1.807, 2.05) is 19.3 Å². The van der Waals surface area contributed by atoms with E-state index < -0.39 is 0 Å². The van der Waals surface area contributed by atoms with Gasteiger partial charge in [0.05, 0.1) is 5.70 Å². The molecule has 5 rings (SSSR count). The third-order valence-electron chi connectivity index (χ3n) is 5.14. The molecule has 3 heterocycles. The molecule has 4 heteroatoms. The highest BCUT2D eigenvalue weighted by Crippen LogP contribution is 2.37. The van der Waals surface area contributed by atoms with Crippen LogP contribution in [0, 0.1) is 0 Å². The van der Waals surface area contributed by atoms with Gasteiger partial charge in [0.25, 0.3) is 5.91 Å². The fraction of sp³-hybridized carbons (Fsp3) is 0.143. The summed E-state index contributed by atoms with van der Waals surface area (Å²) in [5.74, 6) is 0.980. The highest BCUT2D eigenvalue weighted by molar-refractivity contribution is 6.11. The molecule has 25 heavy (non-hydrogen) atoms. The molecular formula is C21H17N3O. The zero-order valence-corrected chi connectivity index (χ0v) is 13.9. The minimum atomic E-state index is 0.0198. The zero-order valence-electron chi connectivity index (χ0n) is 13.9. The quantitative estimate of drug-likeness (QED) is 0.804. The number of nitrogens with zero attached hydrogens (tertiary/aromatic N) is 3. The van der Waals surface area contributed by atoms with E-state index in [2.05, 4.69) is 47.4 Å². The van der Waals surface area contributed by atoms with Gasteiger partial charge in [-0.2, -0.15) is 0 Å². The number of fused-ring (bicyclic) bond motifs is 1. The second-order valence-electron chi connectivity index (χ2n) is 6.49. The van der Waals surface area contributed by atoms with Crippen molar-refractivity contribution in [1.82, 2.24) is 9.80 Å². The van der Waals surface area contributed by atoms with Gasteiger partial charge >= 0.3 is 0 Å². The Morgan fingerprint density at radius 3 is 2.80 bits per heavy atom. The van der Waals surface area contributed by atoms with Crippen LogP contribution in [0.25, 0.3) is 10.8 Å². The van der Waals surface area contributed by atoms with Gasteiger partial charge < -0.3 is 9.80 Å². The van der Waals surface area contributed by atoms with E-state index in [4.69, 9.17) is 4.99 Å². The van der Waals surface area contributed by atoms with Gasteiger partial charge in [-0.3, -0.25) is 4.79 Å². The molecule has 0 bridgehead atoms. The minimum Gasteiger partial charge on any atom is -0.323 e. The number of rotatable bonds is 1. The fourth-order valence-corrected chi connectivity index (χ4v) is 3.89. The van der Waals surface area contributed by atoms with Crippen LogP contribution in [0.4, 0.5) is 0 Å². The summed E-state index contributed by atoms with van der Waals surface area (Å²) in [6.07, 6.45) is 6.24. The van der Waals surface area contributed by atoms with E-state index in [0.717, 1.165) is 41.3 Å². The number of benzene rings is 2. The number of likely N-dealkylation sites (N-methyl/N-ethyl adjacent to an activating group) is 1. The van der Waals surface area contributed by atoms with E-state index in [1.54, 1.807) is 11.0 Å². The van der Waals surface area contributed by atoms with E-state index in [0.29, 0.717) is 0 Å². The normalized spacial score (nSPS) is 19.2. The summed E-state index contributed by atoms with van der Waals surface area (Å²) >= 11 is 0. The second kappa shape index (κ2) is 5.18. The Bertz CT molecular complexity index is 1040. The lowest BCUT2D eigenvalue weighted by atomic mass is 10.0. The fourth-order valence-electron chi connectivity index (χ4n) is 3.89. The van der Waals surface area contributed by atoms with Gasteiger partial charge in [-0.1, -0.05) is 42.5 Å². The van der Waals surface area contributed by atoms with Crippen LogP contribution < -0.4 is 0 Å². The van der Waals surface area contributed by atoms with Crippen molar-refractivity contribution in [1.29, 1.82) is 0 Å². The van der Waals surface area contributed by atoms with Crippen molar-refractivity contribution in [2.75, 3.05) is 13.6 Å². The van der Waals surface area contributed by atoms with Crippen LogP contribution in [0.2, 0.25) is 0 Å². The van der Waals surface area contributed by atoms with Crippen molar-refractivity contribution in [2.24, 2.45) is 4.99 Å². The first kappa shape index (κ1) is 14.2. The van der Waals surface area contributed by atoms with Gasteiger partial charge in [0.1, 0.15) is 5.84 Å². The summed E-state index contributed by atoms with van der Waals surface area (Å²) < 4.78 is 0. The predicted octanol–water partition coefficient (Wildman–Crippen LogP) is 3.43. The summed E-state index contributed by atoms with van der Waals surface area (Å²) in [5.41, 5.74) is 4.33. The summed E-state index contributed by atoms with van der Waals surface area (Å²) in [4.78, 5) is 21.0. The number of aliphatic imine (C=N–C) groups is 1. The van der Waals surface area contributed by atoms with Gasteiger partial charge in [-0.25, -0.2) is 4.99 Å². The van der Waals surface area contributed by atoms with Crippen molar-refractivity contribution >= 4 is 22.5 Å². The van der Waals surface area contributed by atoms with Gasteiger partial charge in [-0.15, -0.1) is 0 Å². The molecule has 1 amide bonds. The third-order valence-corrected chi connectivity index (χ3v) is 5.14. The van der Waals surface area contributed by atoms with Crippen molar-refractivity contribution in [3.05, 3.63) is 83.3 Å². The molecule has 0 N–H and O–H groups in total. The molecule has 2 aromatic carbocycles. The maximum atomic E-state index is 12.2. The molecule has 0 atom stereocenters. The molecule has 0 aromatic heterocycles. The maximum absolute atomic E-state index is 12.2. The molecule has 3 aliphatic heterocycles. The van der Waals surface area contributed by atoms with E-state index >= 15 is 0 Å². The van der Waals surface area contributed by atoms with Crippen LogP contribution in [-0.4, -0.2) is 35.1 Å². The molecule has 0 aliphatic carbocycles. The number of hydrogen-bond donors (Lipinski definition) is 0. The molecule has 0 spiro atoms. The number of allylic oxidation sites excluding steroid dienone is 1. The Labute approximate surface area is 146 Å². The first-order valence-electron chi connectivity index (χ1n) is 8.47. The number of carbonyl (C=O) groups excluding carboxylic acids is 1. The van der Waals surface area contributed by atoms with Gasteiger partial charge in [0, 0.05) is 49.1 Å². The largest absolute Gasteiger partial charge is 0.323 e. The summed E-state index contributed by atoms with van der Waals surface area (Å²) in [5, 5.41) is 2.40.